The molecule has 2 unspecified atom stereocenters. The number of anilines is 1. The highest BCUT2D eigenvalue weighted by molar-refractivity contribution is 5.60. The average molecular weight is 209 g/mol. The van der Waals surface area contributed by atoms with Crippen LogP contribution in [0.25, 0.3) is 0 Å². The van der Waals surface area contributed by atoms with Crippen LogP contribution in [0.4, 0.5) is 10.1 Å². The largest absolute Gasteiger partial charge is 0.393 e. The summed E-state index contributed by atoms with van der Waals surface area (Å²) in [5, 5.41) is 9.37. The molecule has 0 radical (unpaired) electrons. The molecule has 1 aromatic rings. The second kappa shape index (κ2) is 3.81. The molecule has 2 nitrogen and oxygen atoms in total. The van der Waals surface area contributed by atoms with Crippen LogP contribution in [0, 0.1) is 5.82 Å². The molecule has 0 saturated carbocycles. The van der Waals surface area contributed by atoms with E-state index < -0.39 is 0 Å². The fraction of sp³-hybridized carbons (Fsp3) is 0.500. The number of hydrogen-bond donors (Lipinski definition) is 1. The molecule has 0 bridgehead atoms. The Labute approximate surface area is 89.3 Å². The van der Waals surface area contributed by atoms with E-state index in [4.69, 9.17) is 0 Å². The van der Waals surface area contributed by atoms with E-state index in [1.165, 1.54) is 6.07 Å². The van der Waals surface area contributed by atoms with E-state index >= 15 is 0 Å². The Balaban J connectivity index is 2.35. The molecule has 82 valence electrons. The number of likely N-dealkylation sites (N-methyl/N-ethyl adjacent to an activating group) is 1. The lowest BCUT2D eigenvalue weighted by Gasteiger charge is -2.13. The van der Waals surface area contributed by atoms with Crippen LogP contribution in [0.5, 0.6) is 0 Å². The van der Waals surface area contributed by atoms with Crippen LogP contribution in [-0.4, -0.2) is 24.8 Å². The number of nitrogens with zero attached hydrogens (tertiary/aromatic N) is 1. The molecule has 1 heterocycles. The van der Waals surface area contributed by atoms with Gasteiger partial charge in [0.15, 0.2) is 0 Å². The average Bonchev–Trinajstić information content (AvgIpc) is 2.44. The van der Waals surface area contributed by atoms with Gasteiger partial charge >= 0.3 is 0 Å². The van der Waals surface area contributed by atoms with Crippen molar-refractivity contribution in [2.75, 3.05) is 18.5 Å². The van der Waals surface area contributed by atoms with E-state index in [0.717, 1.165) is 17.8 Å². The summed E-state index contributed by atoms with van der Waals surface area (Å²) in [6.45, 7) is 2.54. The predicted octanol–water partition coefficient (Wildman–Crippen LogP) is 2.13. The van der Waals surface area contributed by atoms with Gasteiger partial charge in [0.25, 0.3) is 0 Å². The zero-order chi connectivity index (χ0) is 11.0. The summed E-state index contributed by atoms with van der Waals surface area (Å²) in [6.07, 6.45) is 0.243. The van der Waals surface area contributed by atoms with Gasteiger partial charge in [-0.2, -0.15) is 0 Å². The maximum Gasteiger partial charge on any atom is 0.128 e. The third-order valence-corrected chi connectivity index (χ3v) is 2.97. The summed E-state index contributed by atoms with van der Waals surface area (Å²) in [6, 6.07) is 5.16. The van der Waals surface area contributed by atoms with Gasteiger partial charge in [0.2, 0.25) is 0 Å². The molecule has 1 aliphatic rings. The van der Waals surface area contributed by atoms with Crippen LogP contribution in [0.1, 0.15) is 24.8 Å². The van der Waals surface area contributed by atoms with E-state index in [-0.39, 0.29) is 17.8 Å². The van der Waals surface area contributed by atoms with Crippen molar-refractivity contribution in [1.82, 2.24) is 0 Å². The molecule has 1 aromatic carbocycles. The number of hydrogen-bond acceptors (Lipinski definition) is 2. The quantitative estimate of drug-likeness (QED) is 0.806. The lowest BCUT2D eigenvalue weighted by molar-refractivity contribution is 0.175. The van der Waals surface area contributed by atoms with Gasteiger partial charge in [-0.3, -0.25) is 0 Å². The first kappa shape index (κ1) is 10.4. The molecule has 0 fully saturated rings. The van der Waals surface area contributed by atoms with Crippen molar-refractivity contribution in [3.63, 3.8) is 0 Å². The van der Waals surface area contributed by atoms with Gasteiger partial charge in [0.1, 0.15) is 5.82 Å². The van der Waals surface area contributed by atoms with Crippen LogP contribution in [0.15, 0.2) is 18.2 Å². The molecule has 1 aliphatic heterocycles. The lowest BCUT2D eigenvalue weighted by Crippen LogP contribution is -2.17. The number of aliphatic hydroxyl groups excluding tert-OH is 1. The maximum absolute atomic E-state index is 13.7. The highest BCUT2D eigenvalue weighted by Gasteiger charge is 2.29. The van der Waals surface area contributed by atoms with E-state index in [0.29, 0.717) is 6.42 Å². The molecular weight excluding hydrogens is 193 g/mol. The van der Waals surface area contributed by atoms with Gasteiger partial charge in [-0.05, 0) is 25.5 Å². The van der Waals surface area contributed by atoms with Crippen LogP contribution in [0.2, 0.25) is 0 Å². The van der Waals surface area contributed by atoms with Crippen molar-refractivity contribution >= 4 is 5.69 Å². The number of aliphatic hydroxyl groups is 1. The highest BCUT2D eigenvalue weighted by Crippen LogP contribution is 2.39. The third kappa shape index (κ3) is 1.84. The van der Waals surface area contributed by atoms with Gasteiger partial charge in [-0.25, -0.2) is 4.39 Å². The van der Waals surface area contributed by atoms with Crippen molar-refractivity contribution in [1.29, 1.82) is 0 Å². The molecule has 0 saturated heterocycles. The SMILES string of the molecule is CC(O)CC1CN(C)c2cccc(F)c21. The molecule has 2 rings (SSSR count). The Bertz CT molecular complexity index is 363. The molecule has 1 N–H and O–H groups in total. The van der Waals surface area contributed by atoms with Gasteiger partial charge in [0.05, 0.1) is 6.10 Å². The fourth-order valence-electron chi connectivity index (χ4n) is 2.39. The normalized spacial score (nSPS) is 21.6. The van der Waals surface area contributed by atoms with E-state index in [1.807, 2.05) is 18.0 Å². The molecule has 0 spiro atoms. The second-order valence-electron chi connectivity index (χ2n) is 4.33. The Hall–Kier alpha value is -1.09. The van der Waals surface area contributed by atoms with Crippen molar-refractivity contribution in [2.24, 2.45) is 0 Å². The highest BCUT2D eigenvalue weighted by atomic mass is 19.1. The Morgan fingerprint density at radius 2 is 2.33 bits per heavy atom. The van der Waals surface area contributed by atoms with E-state index in [2.05, 4.69) is 0 Å². The summed E-state index contributed by atoms with van der Waals surface area (Å²) in [5.41, 5.74) is 1.72. The summed E-state index contributed by atoms with van der Waals surface area (Å²) >= 11 is 0. The summed E-state index contributed by atoms with van der Waals surface area (Å²) < 4.78 is 13.7. The first-order valence-electron chi connectivity index (χ1n) is 5.27. The van der Waals surface area contributed by atoms with Crippen LogP contribution < -0.4 is 4.90 Å². The minimum Gasteiger partial charge on any atom is -0.393 e. The van der Waals surface area contributed by atoms with Gasteiger partial charge < -0.3 is 10.0 Å². The van der Waals surface area contributed by atoms with Crippen LogP contribution in [-0.2, 0) is 0 Å². The maximum atomic E-state index is 13.7. The minimum absolute atomic E-state index is 0.117. The van der Waals surface area contributed by atoms with Gasteiger partial charge in [-0.1, -0.05) is 6.07 Å². The Morgan fingerprint density at radius 1 is 1.60 bits per heavy atom. The number of benzene rings is 1. The predicted molar refractivity (Wildman–Crippen MR) is 58.7 cm³/mol. The van der Waals surface area contributed by atoms with Crippen LogP contribution >= 0.6 is 0 Å². The molecule has 0 aliphatic carbocycles. The molecular formula is C12H16FNO. The van der Waals surface area contributed by atoms with Crippen molar-refractivity contribution < 1.29 is 9.50 Å². The Kier molecular flexibility index (Phi) is 2.65. The zero-order valence-corrected chi connectivity index (χ0v) is 9.07. The van der Waals surface area contributed by atoms with Crippen LogP contribution in [0.3, 0.4) is 0 Å². The zero-order valence-electron chi connectivity index (χ0n) is 9.07. The molecule has 0 amide bonds. The Morgan fingerprint density at radius 3 is 3.00 bits per heavy atom. The van der Waals surface area contributed by atoms with Gasteiger partial charge in [0, 0.05) is 30.8 Å². The summed E-state index contributed by atoms with van der Waals surface area (Å²) in [7, 11) is 1.96. The smallest absolute Gasteiger partial charge is 0.128 e. The van der Waals surface area contributed by atoms with E-state index in [9.17, 15) is 9.50 Å². The first-order chi connectivity index (χ1) is 7.09. The lowest BCUT2D eigenvalue weighted by atomic mass is 9.95. The molecule has 3 heteroatoms. The van der Waals surface area contributed by atoms with Crippen molar-refractivity contribution in [3.05, 3.63) is 29.6 Å². The van der Waals surface area contributed by atoms with E-state index in [1.54, 1.807) is 13.0 Å². The molecule has 15 heavy (non-hydrogen) atoms. The van der Waals surface area contributed by atoms with Crippen molar-refractivity contribution in [2.45, 2.75) is 25.4 Å². The van der Waals surface area contributed by atoms with Crippen molar-refractivity contribution in [3.8, 4) is 0 Å². The summed E-state index contributed by atoms with van der Waals surface area (Å²) in [5.74, 6) is -0.0336. The third-order valence-electron chi connectivity index (χ3n) is 2.97. The first-order valence-corrected chi connectivity index (χ1v) is 5.27. The minimum atomic E-state index is -0.381. The topological polar surface area (TPSA) is 23.5 Å². The fourth-order valence-corrected chi connectivity index (χ4v) is 2.39. The number of halogens is 1. The molecule has 0 aromatic heterocycles. The second-order valence-corrected chi connectivity index (χ2v) is 4.33. The number of rotatable bonds is 2. The number of fused-ring (bicyclic) bond motifs is 1. The summed E-state index contributed by atoms with van der Waals surface area (Å²) in [4.78, 5) is 2.05. The van der Waals surface area contributed by atoms with Gasteiger partial charge in [-0.15, -0.1) is 0 Å². The monoisotopic (exact) mass is 209 g/mol. The molecule has 2 atom stereocenters. The standard InChI is InChI=1S/C12H16FNO/c1-8(15)6-9-7-14(2)11-5-3-4-10(13)12(9)11/h3-5,8-9,15H,6-7H2,1-2H3.